The van der Waals surface area contributed by atoms with Crippen LogP contribution in [0.25, 0.3) is 21.0 Å². The summed E-state index contributed by atoms with van der Waals surface area (Å²) in [6, 6.07) is 22.0. The maximum atomic E-state index is 10.2. The minimum Gasteiger partial charge on any atom is -0.490 e. The number of nitrogens with one attached hydrogen (secondary N) is 1. The monoisotopic (exact) mass is 350 g/mol. The lowest BCUT2D eigenvalue weighted by Gasteiger charge is -2.14. The van der Waals surface area contributed by atoms with E-state index < -0.39 is 6.10 Å². The maximum absolute atomic E-state index is 10.2. The van der Waals surface area contributed by atoms with Gasteiger partial charge < -0.3 is 15.2 Å². The first-order chi connectivity index (χ1) is 12.3. The van der Waals surface area contributed by atoms with Crippen LogP contribution in [0.15, 0.2) is 66.7 Å². The quantitative estimate of drug-likeness (QED) is 0.544. The first kappa shape index (κ1) is 15.9. The molecule has 2 N–H and O–H groups in total. The Bertz CT molecular complexity index is 961. The molecule has 0 amide bonds. The Morgan fingerprint density at radius 1 is 1.00 bits per heavy atom. The van der Waals surface area contributed by atoms with E-state index in [0.29, 0.717) is 6.54 Å². The Kier molecular flexibility index (Phi) is 4.50. The Morgan fingerprint density at radius 3 is 2.72 bits per heavy atom. The first-order valence-electron chi connectivity index (χ1n) is 8.18. The number of anilines is 1. The van der Waals surface area contributed by atoms with Gasteiger partial charge in [-0.1, -0.05) is 59.9 Å². The number of fused-ring (bicyclic) bond motifs is 2. The molecule has 0 saturated carbocycles. The van der Waals surface area contributed by atoms with Crippen LogP contribution in [0.1, 0.15) is 0 Å². The summed E-state index contributed by atoms with van der Waals surface area (Å²) in [5, 5.41) is 16.4. The van der Waals surface area contributed by atoms with Crippen molar-refractivity contribution in [2.75, 3.05) is 18.5 Å². The van der Waals surface area contributed by atoms with E-state index in [2.05, 4.69) is 10.3 Å². The van der Waals surface area contributed by atoms with Crippen molar-refractivity contribution in [2.24, 2.45) is 0 Å². The van der Waals surface area contributed by atoms with Gasteiger partial charge in [0.2, 0.25) is 0 Å². The normalized spacial score (nSPS) is 12.4. The van der Waals surface area contributed by atoms with Crippen molar-refractivity contribution in [3.63, 3.8) is 0 Å². The van der Waals surface area contributed by atoms with Gasteiger partial charge in [0.25, 0.3) is 0 Å². The predicted molar refractivity (Wildman–Crippen MR) is 104 cm³/mol. The molecule has 0 aliphatic heterocycles. The highest BCUT2D eigenvalue weighted by molar-refractivity contribution is 7.22. The summed E-state index contributed by atoms with van der Waals surface area (Å²) < 4.78 is 6.95. The predicted octanol–water partition coefficient (Wildman–Crippen LogP) is 4.30. The number of aromatic nitrogens is 1. The SMILES string of the molecule is OC(CNc1nc2ccccc2s1)COc1cccc2ccccc12. The molecule has 0 aliphatic carbocycles. The summed E-state index contributed by atoms with van der Waals surface area (Å²) in [6.45, 7) is 0.622. The lowest BCUT2D eigenvalue weighted by molar-refractivity contribution is 0.118. The zero-order chi connectivity index (χ0) is 17.1. The highest BCUT2D eigenvalue weighted by atomic mass is 32.1. The van der Waals surface area contributed by atoms with Crippen molar-refractivity contribution >= 4 is 37.5 Å². The van der Waals surface area contributed by atoms with Crippen molar-refractivity contribution in [3.05, 3.63) is 66.7 Å². The summed E-state index contributed by atoms with van der Waals surface area (Å²) in [4.78, 5) is 4.50. The van der Waals surface area contributed by atoms with E-state index in [1.54, 1.807) is 11.3 Å². The third kappa shape index (κ3) is 3.57. The number of thiazole rings is 1. The van der Waals surface area contributed by atoms with Crippen LogP contribution in [0, 0.1) is 0 Å². The number of aliphatic hydroxyl groups excluding tert-OH is 1. The standard InChI is InChI=1S/C20H18N2O2S/c23-15(12-21-20-22-17-9-3-4-11-19(17)25-20)13-24-18-10-5-7-14-6-1-2-8-16(14)18/h1-11,15,23H,12-13H2,(H,21,22). The summed E-state index contributed by atoms with van der Waals surface area (Å²) in [5.74, 6) is 0.789. The summed E-state index contributed by atoms with van der Waals surface area (Å²) >= 11 is 1.58. The highest BCUT2D eigenvalue weighted by Crippen LogP contribution is 2.26. The number of para-hydroxylation sites is 1. The minimum atomic E-state index is -0.619. The molecule has 126 valence electrons. The maximum Gasteiger partial charge on any atom is 0.183 e. The smallest absolute Gasteiger partial charge is 0.183 e. The molecule has 25 heavy (non-hydrogen) atoms. The Morgan fingerprint density at radius 2 is 1.80 bits per heavy atom. The molecule has 0 spiro atoms. The second-order valence-corrected chi connectivity index (χ2v) is 6.84. The van der Waals surface area contributed by atoms with Crippen LogP contribution in [-0.4, -0.2) is 29.3 Å². The van der Waals surface area contributed by atoms with E-state index in [1.165, 1.54) is 0 Å². The third-order valence-corrected chi connectivity index (χ3v) is 4.96. The fourth-order valence-electron chi connectivity index (χ4n) is 2.72. The molecule has 0 fully saturated rings. The molecule has 1 unspecified atom stereocenters. The van der Waals surface area contributed by atoms with Crippen LogP contribution in [0.2, 0.25) is 0 Å². The molecule has 4 nitrogen and oxygen atoms in total. The minimum absolute atomic E-state index is 0.228. The average molecular weight is 350 g/mol. The van der Waals surface area contributed by atoms with E-state index in [1.807, 2.05) is 66.7 Å². The highest BCUT2D eigenvalue weighted by Gasteiger charge is 2.09. The Balaban J connectivity index is 1.36. The van der Waals surface area contributed by atoms with Gasteiger partial charge in [-0.15, -0.1) is 0 Å². The molecular formula is C20H18N2O2S. The molecule has 5 heteroatoms. The van der Waals surface area contributed by atoms with Gasteiger partial charge >= 0.3 is 0 Å². The molecular weight excluding hydrogens is 332 g/mol. The molecule has 0 radical (unpaired) electrons. The van der Waals surface area contributed by atoms with Crippen molar-refractivity contribution in [1.82, 2.24) is 4.98 Å². The van der Waals surface area contributed by atoms with Crippen LogP contribution in [-0.2, 0) is 0 Å². The van der Waals surface area contributed by atoms with Gasteiger partial charge in [-0.25, -0.2) is 4.98 Å². The number of hydrogen-bond donors (Lipinski definition) is 2. The van der Waals surface area contributed by atoms with Crippen LogP contribution < -0.4 is 10.1 Å². The van der Waals surface area contributed by atoms with E-state index in [9.17, 15) is 5.11 Å². The Labute approximate surface area is 149 Å². The van der Waals surface area contributed by atoms with Gasteiger partial charge in [0.1, 0.15) is 18.5 Å². The van der Waals surface area contributed by atoms with Crippen molar-refractivity contribution in [1.29, 1.82) is 0 Å². The first-order valence-corrected chi connectivity index (χ1v) is 8.99. The van der Waals surface area contributed by atoms with Crippen LogP contribution in [0.3, 0.4) is 0 Å². The molecule has 0 aliphatic rings. The fourth-order valence-corrected chi connectivity index (χ4v) is 3.59. The van der Waals surface area contributed by atoms with Crippen molar-refractivity contribution in [2.45, 2.75) is 6.10 Å². The van der Waals surface area contributed by atoms with E-state index in [4.69, 9.17) is 4.74 Å². The lowest BCUT2D eigenvalue weighted by Crippen LogP contribution is -2.26. The number of rotatable bonds is 6. The number of aliphatic hydroxyl groups is 1. The molecule has 0 bridgehead atoms. The van der Waals surface area contributed by atoms with Crippen LogP contribution in [0.5, 0.6) is 5.75 Å². The third-order valence-electron chi connectivity index (χ3n) is 3.96. The second-order valence-electron chi connectivity index (χ2n) is 5.81. The molecule has 3 aromatic carbocycles. The summed E-state index contributed by atoms with van der Waals surface area (Å²) in [7, 11) is 0. The van der Waals surface area contributed by atoms with E-state index >= 15 is 0 Å². The molecule has 0 saturated heterocycles. The largest absolute Gasteiger partial charge is 0.490 e. The zero-order valence-electron chi connectivity index (χ0n) is 13.6. The van der Waals surface area contributed by atoms with Crippen LogP contribution in [0.4, 0.5) is 5.13 Å². The summed E-state index contributed by atoms with van der Waals surface area (Å²) in [5.41, 5.74) is 0.969. The topological polar surface area (TPSA) is 54.4 Å². The van der Waals surface area contributed by atoms with Gasteiger partial charge in [0, 0.05) is 11.9 Å². The molecule has 1 heterocycles. The van der Waals surface area contributed by atoms with Gasteiger partial charge in [-0.3, -0.25) is 0 Å². The van der Waals surface area contributed by atoms with E-state index in [0.717, 1.165) is 31.9 Å². The molecule has 1 atom stereocenters. The van der Waals surface area contributed by atoms with Crippen molar-refractivity contribution in [3.8, 4) is 5.75 Å². The average Bonchev–Trinajstić information content (AvgIpc) is 3.07. The number of benzene rings is 3. The lowest BCUT2D eigenvalue weighted by atomic mass is 10.1. The van der Waals surface area contributed by atoms with Crippen molar-refractivity contribution < 1.29 is 9.84 Å². The number of hydrogen-bond acceptors (Lipinski definition) is 5. The van der Waals surface area contributed by atoms with Gasteiger partial charge in [-0.05, 0) is 23.6 Å². The summed E-state index contributed by atoms with van der Waals surface area (Å²) in [6.07, 6.45) is -0.619. The van der Waals surface area contributed by atoms with Crippen LogP contribution >= 0.6 is 11.3 Å². The molecule has 4 aromatic rings. The number of nitrogens with zero attached hydrogens (tertiary/aromatic N) is 1. The van der Waals surface area contributed by atoms with Gasteiger partial charge in [0.15, 0.2) is 5.13 Å². The zero-order valence-corrected chi connectivity index (χ0v) is 14.4. The van der Waals surface area contributed by atoms with E-state index in [-0.39, 0.29) is 6.61 Å². The van der Waals surface area contributed by atoms with Gasteiger partial charge in [-0.2, -0.15) is 0 Å². The van der Waals surface area contributed by atoms with Gasteiger partial charge in [0.05, 0.1) is 10.2 Å². The second kappa shape index (κ2) is 7.09. The fraction of sp³-hybridized carbons (Fsp3) is 0.150. The molecule has 1 aromatic heterocycles. The number of ether oxygens (including phenoxy) is 1. The molecule has 4 rings (SSSR count). The Hall–Kier alpha value is -2.63.